The lowest BCUT2D eigenvalue weighted by Crippen LogP contribution is -2.33. The van der Waals surface area contributed by atoms with Gasteiger partial charge in [-0.3, -0.25) is 4.79 Å². The topological polar surface area (TPSA) is 94.6 Å². The lowest BCUT2D eigenvalue weighted by molar-refractivity contribution is -0.119. The number of anilines is 1. The molecule has 0 saturated carbocycles. The van der Waals surface area contributed by atoms with Crippen molar-refractivity contribution in [2.75, 3.05) is 19.5 Å². The average molecular weight is 441 g/mol. The zero-order valence-electron chi connectivity index (χ0n) is 17.6. The van der Waals surface area contributed by atoms with E-state index in [1.54, 1.807) is 50.6 Å². The predicted molar refractivity (Wildman–Crippen MR) is 123 cm³/mol. The summed E-state index contributed by atoms with van der Waals surface area (Å²) in [4.78, 5) is 20.3. The van der Waals surface area contributed by atoms with Crippen molar-refractivity contribution in [3.8, 4) is 23.1 Å². The van der Waals surface area contributed by atoms with Crippen molar-refractivity contribution in [2.45, 2.75) is 26.2 Å². The van der Waals surface area contributed by atoms with Crippen LogP contribution in [-0.4, -0.2) is 35.2 Å². The number of aromatic nitrogens is 2. The lowest BCUT2D eigenvalue weighted by Gasteiger charge is -2.12. The number of carbonyl (C=O) groups is 1. The molecule has 3 aromatic rings. The number of carbonyl (C=O) groups excluding carboxylic acids is 1. The van der Waals surface area contributed by atoms with Gasteiger partial charge in [-0.1, -0.05) is 13.3 Å². The summed E-state index contributed by atoms with van der Waals surface area (Å²) >= 11 is 5.18. The molecule has 162 valence electrons. The molecule has 2 N–H and O–H groups in total. The molecule has 2 aromatic carbocycles. The lowest BCUT2D eigenvalue weighted by atomic mass is 10.2. The summed E-state index contributed by atoms with van der Waals surface area (Å²) in [5.41, 5.74) is 1.40. The predicted octanol–water partition coefficient (Wildman–Crippen LogP) is 4.44. The Kier molecular flexibility index (Phi) is 7.55. The number of methoxy groups -OCH3 is 2. The van der Waals surface area contributed by atoms with E-state index in [1.807, 2.05) is 6.92 Å². The molecule has 0 aliphatic carbocycles. The van der Waals surface area contributed by atoms with E-state index in [0.29, 0.717) is 40.5 Å². The van der Waals surface area contributed by atoms with Gasteiger partial charge in [-0.05, 0) is 49.0 Å². The van der Waals surface area contributed by atoms with Crippen molar-refractivity contribution >= 4 is 39.8 Å². The van der Waals surface area contributed by atoms with Crippen LogP contribution in [0.3, 0.4) is 0 Å². The molecule has 1 amide bonds. The second kappa shape index (κ2) is 10.5. The van der Waals surface area contributed by atoms with Crippen LogP contribution >= 0.6 is 12.2 Å². The maximum absolute atomic E-state index is 11.8. The molecule has 1 aromatic heterocycles. The molecule has 9 heteroatoms. The molecule has 0 bridgehead atoms. The smallest absolute Gasteiger partial charge is 0.230 e. The normalized spacial score (nSPS) is 10.4. The molecule has 3 rings (SSSR count). The Morgan fingerprint density at radius 2 is 1.77 bits per heavy atom. The third-order valence-corrected chi connectivity index (χ3v) is 4.65. The number of thiocarbonyl (C=S) groups is 1. The van der Waals surface area contributed by atoms with Crippen LogP contribution in [0.25, 0.3) is 10.9 Å². The minimum absolute atomic E-state index is 0.0954. The number of nitrogens with zero attached hydrogens (tertiary/aromatic N) is 2. The average Bonchev–Trinajstić information content (AvgIpc) is 2.78. The highest BCUT2D eigenvalue weighted by atomic mass is 32.1. The van der Waals surface area contributed by atoms with Crippen LogP contribution in [0, 0.1) is 0 Å². The number of hydrogen-bond donors (Lipinski definition) is 2. The zero-order valence-corrected chi connectivity index (χ0v) is 18.4. The van der Waals surface area contributed by atoms with Crippen LogP contribution < -0.4 is 24.8 Å². The SMILES string of the molecule is CCCCC(=O)NC(=S)Nc1ccc(Oc2ncnc3cc(OC)c(OC)cc23)cc1. The number of hydrogen-bond acceptors (Lipinski definition) is 7. The Balaban J connectivity index is 1.70. The summed E-state index contributed by atoms with van der Waals surface area (Å²) in [5.74, 6) is 2.02. The summed E-state index contributed by atoms with van der Waals surface area (Å²) in [6.07, 6.45) is 3.67. The van der Waals surface area contributed by atoms with Gasteiger partial charge in [0.2, 0.25) is 11.8 Å². The molecule has 0 unspecified atom stereocenters. The Morgan fingerprint density at radius 3 is 2.45 bits per heavy atom. The molecule has 0 saturated heterocycles. The maximum Gasteiger partial charge on any atom is 0.230 e. The fourth-order valence-corrected chi connectivity index (χ4v) is 3.08. The van der Waals surface area contributed by atoms with Crippen molar-refractivity contribution in [1.29, 1.82) is 0 Å². The Hall–Kier alpha value is -3.46. The van der Waals surface area contributed by atoms with Gasteiger partial charge >= 0.3 is 0 Å². The van der Waals surface area contributed by atoms with Gasteiger partial charge in [-0.15, -0.1) is 0 Å². The Bertz CT molecular complexity index is 1070. The van der Waals surface area contributed by atoms with E-state index in [9.17, 15) is 4.79 Å². The number of amides is 1. The van der Waals surface area contributed by atoms with Crippen LogP contribution in [0.15, 0.2) is 42.7 Å². The van der Waals surface area contributed by atoms with E-state index in [4.69, 9.17) is 26.4 Å². The second-order valence-corrected chi connectivity index (χ2v) is 7.04. The Morgan fingerprint density at radius 1 is 1.06 bits per heavy atom. The highest BCUT2D eigenvalue weighted by molar-refractivity contribution is 7.80. The van der Waals surface area contributed by atoms with Gasteiger partial charge in [0.25, 0.3) is 0 Å². The van der Waals surface area contributed by atoms with Crippen LogP contribution in [-0.2, 0) is 4.79 Å². The number of unbranched alkanes of at least 4 members (excludes halogenated alkanes) is 1. The van der Waals surface area contributed by atoms with Crippen LogP contribution in [0.4, 0.5) is 5.69 Å². The zero-order chi connectivity index (χ0) is 22.2. The number of rotatable bonds is 8. The first-order valence-electron chi connectivity index (χ1n) is 9.79. The first kappa shape index (κ1) is 22.2. The van der Waals surface area contributed by atoms with Crippen LogP contribution in [0.2, 0.25) is 0 Å². The van der Waals surface area contributed by atoms with Crippen molar-refractivity contribution in [2.24, 2.45) is 0 Å². The molecule has 8 nitrogen and oxygen atoms in total. The standard InChI is InChI=1S/C22H24N4O4S/c1-4-5-6-20(27)26-22(31)25-14-7-9-15(10-8-14)30-21-16-11-18(28-2)19(29-3)12-17(16)23-13-24-21/h7-13H,4-6H2,1-3H3,(H2,25,26,27,31). The molecule has 0 fully saturated rings. The molecule has 0 aliphatic rings. The fourth-order valence-electron chi connectivity index (χ4n) is 2.85. The molecule has 31 heavy (non-hydrogen) atoms. The Labute approximate surface area is 185 Å². The minimum atomic E-state index is -0.0954. The number of nitrogens with one attached hydrogen (secondary N) is 2. The molecular weight excluding hydrogens is 416 g/mol. The largest absolute Gasteiger partial charge is 0.493 e. The van der Waals surface area contributed by atoms with E-state index in [1.165, 1.54) is 6.33 Å². The van der Waals surface area contributed by atoms with E-state index in [-0.39, 0.29) is 11.0 Å². The van der Waals surface area contributed by atoms with E-state index in [0.717, 1.165) is 18.5 Å². The molecule has 0 radical (unpaired) electrons. The summed E-state index contributed by atoms with van der Waals surface area (Å²) < 4.78 is 16.6. The quantitative estimate of drug-likeness (QED) is 0.497. The second-order valence-electron chi connectivity index (χ2n) is 6.64. The third-order valence-electron chi connectivity index (χ3n) is 4.44. The van der Waals surface area contributed by atoms with E-state index in [2.05, 4.69) is 20.6 Å². The van der Waals surface area contributed by atoms with Gasteiger partial charge in [-0.25, -0.2) is 9.97 Å². The van der Waals surface area contributed by atoms with Crippen molar-refractivity contribution in [3.05, 3.63) is 42.7 Å². The minimum Gasteiger partial charge on any atom is -0.493 e. The molecular formula is C22H24N4O4S. The van der Waals surface area contributed by atoms with Gasteiger partial charge in [0.05, 0.1) is 25.1 Å². The van der Waals surface area contributed by atoms with Crippen molar-refractivity contribution in [3.63, 3.8) is 0 Å². The van der Waals surface area contributed by atoms with Gasteiger partial charge < -0.3 is 24.8 Å². The number of benzene rings is 2. The molecule has 0 aliphatic heterocycles. The molecule has 0 atom stereocenters. The van der Waals surface area contributed by atoms with Crippen molar-refractivity contribution in [1.82, 2.24) is 15.3 Å². The summed E-state index contributed by atoms with van der Waals surface area (Å²) in [6, 6.07) is 10.7. The van der Waals surface area contributed by atoms with Gasteiger partial charge in [0.15, 0.2) is 16.6 Å². The molecule has 1 heterocycles. The van der Waals surface area contributed by atoms with E-state index < -0.39 is 0 Å². The van der Waals surface area contributed by atoms with Gasteiger partial charge in [0.1, 0.15) is 12.1 Å². The van der Waals surface area contributed by atoms with Crippen LogP contribution in [0.5, 0.6) is 23.1 Å². The monoisotopic (exact) mass is 440 g/mol. The maximum atomic E-state index is 11.8. The summed E-state index contributed by atoms with van der Waals surface area (Å²) in [7, 11) is 3.14. The number of fused-ring (bicyclic) bond motifs is 1. The highest BCUT2D eigenvalue weighted by Crippen LogP contribution is 2.35. The first-order valence-corrected chi connectivity index (χ1v) is 10.2. The molecule has 0 spiro atoms. The highest BCUT2D eigenvalue weighted by Gasteiger charge is 2.12. The third kappa shape index (κ3) is 5.79. The van der Waals surface area contributed by atoms with Crippen molar-refractivity contribution < 1.29 is 19.0 Å². The van der Waals surface area contributed by atoms with Gasteiger partial charge in [0, 0.05) is 18.2 Å². The van der Waals surface area contributed by atoms with Crippen LogP contribution in [0.1, 0.15) is 26.2 Å². The summed E-state index contributed by atoms with van der Waals surface area (Å²) in [6.45, 7) is 2.03. The summed E-state index contributed by atoms with van der Waals surface area (Å²) in [5, 5.41) is 6.61. The number of ether oxygens (including phenoxy) is 3. The fraction of sp³-hybridized carbons (Fsp3) is 0.273. The first-order chi connectivity index (χ1) is 15.0. The van der Waals surface area contributed by atoms with Gasteiger partial charge in [-0.2, -0.15) is 0 Å². The van der Waals surface area contributed by atoms with E-state index >= 15 is 0 Å².